The highest BCUT2D eigenvalue weighted by Crippen LogP contribution is 2.42. The fraction of sp³-hybridized carbons (Fsp3) is 0.419. The maximum atomic E-state index is 13.4. The van der Waals surface area contributed by atoms with Crippen LogP contribution in [-0.2, 0) is 10.3 Å². The first kappa shape index (κ1) is 25.3. The Morgan fingerprint density at radius 2 is 1.81 bits per heavy atom. The molecule has 2 heterocycles. The first-order chi connectivity index (χ1) is 17.6. The van der Waals surface area contributed by atoms with Crippen LogP contribution in [0.3, 0.4) is 0 Å². The van der Waals surface area contributed by atoms with Gasteiger partial charge in [0.15, 0.2) is 0 Å². The van der Waals surface area contributed by atoms with Gasteiger partial charge in [0.25, 0.3) is 5.56 Å². The van der Waals surface area contributed by atoms with Crippen LogP contribution in [0, 0.1) is 6.92 Å². The van der Waals surface area contributed by atoms with Crippen molar-refractivity contribution in [2.75, 3.05) is 6.54 Å². The second kappa shape index (κ2) is 9.49. The maximum absolute atomic E-state index is 13.4. The van der Waals surface area contributed by atoms with E-state index in [2.05, 4.69) is 6.07 Å². The summed E-state index contributed by atoms with van der Waals surface area (Å²) in [6.45, 7) is 8.07. The van der Waals surface area contributed by atoms with Gasteiger partial charge in [-0.3, -0.25) is 4.79 Å². The molecule has 0 radical (unpaired) electrons. The Morgan fingerprint density at radius 3 is 2.41 bits per heavy atom. The van der Waals surface area contributed by atoms with Gasteiger partial charge in [0.05, 0.1) is 11.6 Å². The molecule has 1 aliphatic heterocycles. The second-order valence-electron chi connectivity index (χ2n) is 11.3. The average Bonchev–Trinajstić information content (AvgIpc) is 3.68. The van der Waals surface area contributed by atoms with E-state index in [-0.39, 0.29) is 17.7 Å². The van der Waals surface area contributed by atoms with Crippen molar-refractivity contribution in [1.29, 1.82) is 0 Å². The van der Waals surface area contributed by atoms with Gasteiger partial charge in [-0.2, -0.15) is 0 Å². The van der Waals surface area contributed by atoms with Gasteiger partial charge in [-0.1, -0.05) is 48.5 Å². The van der Waals surface area contributed by atoms with Crippen molar-refractivity contribution in [1.82, 2.24) is 9.47 Å². The van der Waals surface area contributed by atoms with Crippen LogP contribution in [0.15, 0.2) is 71.7 Å². The standard InChI is InChI=1S/C31H36N2O4/c1-21-18-23(10-13-27(21)24-14-16-33(26-11-12-26)28(34)19-24)22(2)32-17-15-31(37-29(32)35,20-30(3,4)36)25-8-6-5-7-9-25/h5-10,13-14,16,18-19,22,26,36H,11-12,15,17,20H2,1-4H3/t22-,31?/m0/s1. The minimum Gasteiger partial charge on any atom is -0.438 e. The molecule has 1 unspecified atom stereocenters. The fourth-order valence-electron chi connectivity index (χ4n) is 5.65. The quantitative estimate of drug-likeness (QED) is 0.424. The van der Waals surface area contributed by atoms with Gasteiger partial charge in [-0.05, 0) is 74.4 Å². The summed E-state index contributed by atoms with van der Waals surface area (Å²) in [4.78, 5) is 27.7. The summed E-state index contributed by atoms with van der Waals surface area (Å²) >= 11 is 0. The largest absolute Gasteiger partial charge is 0.438 e. The van der Waals surface area contributed by atoms with Gasteiger partial charge < -0.3 is 19.3 Å². The summed E-state index contributed by atoms with van der Waals surface area (Å²) in [5.74, 6) is 0. The SMILES string of the molecule is Cc1cc([C@H](C)N2CCC(CC(C)(C)O)(c3ccccc3)OC2=O)ccc1-c1ccn(C2CC2)c(=O)c1. The Bertz CT molecular complexity index is 1350. The van der Waals surface area contributed by atoms with Crippen LogP contribution in [0.2, 0.25) is 0 Å². The molecule has 1 N–H and O–H groups in total. The number of carbonyl (C=O) groups is 1. The molecule has 1 amide bonds. The summed E-state index contributed by atoms with van der Waals surface area (Å²) < 4.78 is 7.98. The van der Waals surface area contributed by atoms with Crippen LogP contribution in [0.1, 0.15) is 75.2 Å². The van der Waals surface area contributed by atoms with Gasteiger partial charge in [-0.15, -0.1) is 0 Å². The number of aryl methyl sites for hydroxylation is 1. The highest BCUT2D eigenvalue weighted by molar-refractivity contribution is 5.71. The molecule has 2 atom stereocenters. The Labute approximate surface area is 218 Å². The van der Waals surface area contributed by atoms with E-state index in [1.807, 2.05) is 73.1 Å². The molecule has 194 valence electrons. The van der Waals surface area contributed by atoms with Gasteiger partial charge >= 0.3 is 6.09 Å². The van der Waals surface area contributed by atoms with Crippen molar-refractivity contribution < 1.29 is 14.6 Å². The number of cyclic esters (lactones) is 1. The first-order valence-corrected chi connectivity index (χ1v) is 13.2. The number of ether oxygens (including phenoxy) is 1. The third-order valence-corrected chi connectivity index (χ3v) is 7.69. The molecule has 1 saturated heterocycles. The van der Waals surface area contributed by atoms with Gasteiger partial charge in [0.1, 0.15) is 5.60 Å². The molecule has 1 saturated carbocycles. The van der Waals surface area contributed by atoms with E-state index in [0.717, 1.165) is 40.7 Å². The van der Waals surface area contributed by atoms with Crippen LogP contribution < -0.4 is 5.56 Å². The molecule has 0 bridgehead atoms. The van der Waals surface area contributed by atoms with Crippen molar-refractivity contribution in [3.05, 3.63) is 93.9 Å². The molecule has 1 aromatic heterocycles. The Kier molecular flexibility index (Phi) is 6.48. The predicted octanol–water partition coefficient (Wildman–Crippen LogP) is 6.12. The number of nitrogens with zero attached hydrogens (tertiary/aromatic N) is 2. The Morgan fingerprint density at radius 1 is 1.08 bits per heavy atom. The molecular weight excluding hydrogens is 464 g/mol. The van der Waals surface area contributed by atoms with Crippen molar-refractivity contribution in [3.63, 3.8) is 0 Å². The molecule has 6 nitrogen and oxygen atoms in total. The number of pyridine rings is 1. The Balaban J connectivity index is 1.36. The summed E-state index contributed by atoms with van der Waals surface area (Å²) in [5.41, 5.74) is 3.09. The molecule has 5 rings (SSSR count). The molecule has 1 aliphatic carbocycles. The van der Waals surface area contributed by atoms with Crippen molar-refractivity contribution in [2.45, 2.75) is 76.7 Å². The highest BCUT2D eigenvalue weighted by atomic mass is 16.6. The number of amides is 1. The first-order valence-electron chi connectivity index (χ1n) is 13.2. The van der Waals surface area contributed by atoms with Crippen molar-refractivity contribution in [3.8, 4) is 11.1 Å². The molecule has 2 fully saturated rings. The number of carbonyl (C=O) groups excluding carboxylic acids is 1. The van der Waals surface area contributed by atoms with E-state index < -0.39 is 11.2 Å². The number of aliphatic hydroxyl groups is 1. The van der Waals surface area contributed by atoms with Gasteiger partial charge in [0.2, 0.25) is 0 Å². The third kappa shape index (κ3) is 5.21. The molecule has 2 aromatic carbocycles. The Hall–Kier alpha value is -3.38. The molecular formula is C31H36N2O4. The monoisotopic (exact) mass is 500 g/mol. The lowest BCUT2D eigenvalue weighted by molar-refractivity contribution is -0.101. The van der Waals surface area contributed by atoms with Crippen LogP contribution in [0.25, 0.3) is 11.1 Å². The van der Waals surface area contributed by atoms with E-state index in [0.29, 0.717) is 25.4 Å². The molecule has 2 aliphatic rings. The minimum atomic E-state index is -0.990. The van der Waals surface area contributed by atoms with E-state index >= 15 is 0 Å². The zero-order valence-corrected chi connectivity index (χ0v) is 22.1. The normalized spacial score (nSPS) is 21.0. The topological polar surface area (TPSA) is 71.8 Å². The maximum Gasteiger partial charge on any atom is 0.411 e. The predicted molar refractivity (Wildman–Crippen MR) is 144 cm³/mol. The minimum absolute atomic E-state index is 0.0425. The molecule has 3 aromatic rings. The van der Waals surface area contributed by atoms with Crippen LogP contribution in [0.5, 0.6) is 0 Å². The summed E-state index contributed by atoms with van der Waals surface area (Å²) in [6.07, 6.45) is 4.60. The van der Waals surface area contributed by atoms with Crippen molar-refractivity contribution in [2.24, 2.45) is 0 Å². The smallest absolute Gasteiger partial charge is 0.411 e. The number of rotatable bonds is 7. The van der Waals surface area contributed by atoms with E-state index in [1.165, 1.54) is 0 Å². The number of hydrogen-bond donors (Lipinski definition) is 1. The lowest BCUT2D eigenvalue weighted by atomic mass is 9.80. The van der Waals surface area contributed by atoms with Gasteiger partial charge in [-0.25, -0.2) is 4.79 Å². The molecule has 6 heteroatoms. The lowest BCUT2D eigenvalue weighted by Crippen LogP contribution is -2.51. The fourth-order valence-corrected chi connectivity index (χ4v) is 5.65. The summed E-state index contributed by atoms with van der Waals surface area (Å²) in [6, 6.07) is 19.8. The lowest BCUT2D eigenvalue weighted by Gasteiger charge is -2.45. The number of aromatic nitrogens is 1. The summed E-state index contributed by atoms with van der Waals surface area (Å²) in [7, 11) is 0. The second-order valence-corrected chi connectivity index (χ2v) is 11.3. The zero-order chi connectivity index (χ0) is 26.4. The van der Waals surface area contributed by atoms with E-state index in [1.54, 1.807) is 24.8 Å². The van der Waals surface area contributed by atoms with Gasteiger partial charge in [0, 0.05) is 37.7 Å². The van der Waals surface area contributed by atoms with Crippen LogP contribution >= 0.6 is 0 Å². The number of benzene rings is 2. The highest BCUT2D eigenvalue weighted by Gasteiger charge is 2.46. The average molecular weight is 501 g/mol. The van der Waals surface area contributed by atoms with Crippen LogP contribution in [-0.4, -0.2) is 32.8 Å². The number of hydrogen-bond acceptors (Lipinski definition) is 4. The van der Waals surface area contributed by atoms with Crippen molar-refractivity contribution >= 4 is 6.09 Å². The third-order valence-electron chi connectivity index (χ3n) is 7.69. The molecule has 37 heavy (non-hydrogen) atoms. The summed E-state index contributed by atoms with van der Waals surface area (Å²) in [5, 5.41) is 10.6. The van der Waals surface area contributed by atoms with Crippen LogP contribution in [0.4, 0.5) is 4.79 Å². The molecule has 0 spiro atoms. The van der Waals surface area contributed by atoms with E-state index in [9.17, 15) is 14.7 Å². The zero-order valence-electron chi connectivity index (χ0n) is 22.1. The van der Waals surface area contributed by atoms with E-state index in [4.69, 9.17) is 4.74 Å².